The summed E-state index contributed by atoms with van der Waals surface area (Å²) in [6.07, 6.45) is 1.27. The monoisotopic (exact) mass is 262 g/mol. The molecule has 0 fully saturated rings. The lowest BCUT2D eigenvalue weighted by Crippen LogP contribution is -2.18. The van der Waals surface area contributed by atoms with Gasteiger partial charge in [0.2, 0.25) is 0 Å². The van der Waals surface area contributed by atoms with Gasteiger partial charge in [0.1, 0.15) is 3.26 Å². The molecular formula is C5H11IO2S. The molecule has 9 heavy (non-hydrogen) atoms. The molecule has 0 saturated carbocycles. The molecule has 0 aliphatic rings. The van der Waals surface area contributed by atoms with Crippen LogP contribution in [-0.2, 0) is 9.84 Å². The molecule has 0 N–H and O–H groups in total. The van der Waals surface area contributed by atoms with Crippen LogP contribution in [0.3, 0.4) is 0 Å². The molecule has 0 aliphatic carbocycles. The predicted molar refractivity (Wildman–Crippen MR) is 47.5 cm³/mol. The Hall–Kier alpha value is 0.680. The molecule has 0 rings (SSSR count). The Labute approximate surface area is 70.1 Å². The van der Waals surface area contributed by atoms with E-state index in [0.29, 0.717) is 0 Å². The van der Waals surface area contributed by atoms with E-state index in [-0.39, 0.29) is 9.17 Å². The maximum absolute atomic E-state index is 10.8. The van der Waals surface area contributed by atoms with Crippen LogP contribution in [0.5, 0.6) is 0 Å². The first-order chi connectivity index (χ1) is 3.85. The summed E-state index contributed by atoms with van der Waals surface area (Å²) in [7, 11) is -2.82. The van der Waals surface area contributed by atoms with Crippen molar-refractivity contribution in [1.82, 2.24) is 0 Å². The Morgan fingerprint density at radius 2 is 1.67 bits per heavy atom. The molecule has 0 aromatic carbocycles. The Kier molecular flexibility index (Phi) is 3.42. The molecule has 0 radical (unpaired) electrons. The van der Waals surface area contributed by atoms with E-state index in [2.05, 4.69) is 0 Å². The van der Waals surface area contributed by atoms with Crippen LogP contribution in [-0.4, -0.2) is 17.9 Å². The van der Waals surface area contributed by atoms with Gasteiger partial charge in [-0.05, 0) is 5.92 Å². The van der Waals surface area contributed by atoms with Crippen LogP contribution in [0.25, 0.3) is 0 Å². The van der Waals surface area contributed by atoms with Crippen molar-refractivity contribution >= 4 is 32.4 Å². The predicted octanol–water partition coefficient (Wildman–Crippen LogP) is 1.45. The number of rotatable bonds is 2. The minimum Gasteiger partial charge on any atom is -0.228 e. The van der Waals surface area contributed by atoms with Crippen molar-refractivity contribution in [3.8, 4) is 0 Å². The van der Waals surface area contributed by atoms with Gasteiger partial charge in [0.25, 0.3) is 0 Å². The minimum absolute atomic E-state index is 0.209. The summed E-state index contributed by atoms with van der Waals surface area (Å²) in [5.41, 5.74) is 0. The fraction of sp³-hybridized carbons (Fsp3) is 1.00. The number of hydrogen-bond acceptors (Lipinski definition) is 2. The summed E-state index contributed by atoms with van der Waals surface area (Å²) in [5.74, 6) is 0.209. The van der Waals surface area contributed by atoms with Gasteiger partial charge in [-0.1, -0.05) is 36.4 Å². The topological polar surface area (TPSA) is 34.1 Å². The van der Waals surface area contributed by atoms with Gasteiger partial charge >= 0.3 is 0 Å². The summed E-state index contributed by atoms with van der Waals surface area (Å²) in [6, 6.07) is 0. The third kappa shape index (κ3) is 3.40. The standard InChI is InChI=1S/C5H11IO2S/c1-4(2)5(6)9(3,7)8/h4-5H,1-3H3. The normalized spacial score (nSPS) is 16.1. The van der Waals surface area contributed by atoms with Crippen molar-refractivity contribution < 1.29 is 8.42 Å². The van der Waals surface area contributed by atoms with Crippen LogP contribution in [0, 0.1) is 5.92 Å². The van der Waals surface area contributed by atoms with Crippen LogP contribution in [0.4, 0.5) is 0 Å². The number of hydrogen-bond donors (Lipinski definition) is 0. The molecule has 0 amide bonds. The van der Waals surface area contributed by atoms with Crippen molar-refractivity contribution in [2.75, 3.05) is 6.26 Å². The maximum atomic E-state index is 10.8. The van der Waals surface area contributed by atoms with E-state index in [0.717, 1.165) is 0 Å². The molecule has 0 aliphatic heterocycles. The summed E-state index contributed by atoms with van der Waals surface area (Å²) < 4.78 is 21.3. The van der Waals surface area contributed by atoms with E-state index < -0.39 is 9.84 Å². The van der Waals surface area contributed by atoms with Crippen LogP contribution >= 0.6 is 22.6 Å². The molecule has 2 nitrogen and oxygen atoms in total. The summed E-state index contributed by atoms with van der Waals surface area (Å²) in [6.45, 7) is 3.80. The maximum Gasteiger partial charge on any atom is 0.159 e. The first-order valence-corrected chi connectivity index (χ1v) is 5.88. The Morgan fingerprint density at radius 1 is 1.33 bits per heavy atom. The molecule has 4 heteroatoms. The summed E-state index contributed by atoms with van der Waals surface area (Å²) in [4.78, 5) is 0. The quantitative estimate of drug-likeness (QED) is 0.557. The number of halogens is 1. The van der Waals surface area contributed by atoms with E-state index in [1.807, 2.05) is 36.4 Å². The lowest BCUT2D eigenvalue weighted by molar-refractivity contribution is 0.584. The second kappa shape index (κ2) is 3.18. The van der Waals surface area contributed by atoms with E-state index >= 15 is 0 Å². The van der Waals surface area contributed by atoms with E-state index in [4.69, 9.17) is 0 Å². The molecule has 56 valence electrons. The highest BCUT2D eigenvalue weighted by molar-refractivity contribution is 14.1. The fourth-order valence-corrected chi connectivity index (χ4v) is 1.48. The van der Waals surface area contributed by atoms with Crippen LogP contribution < -0.4 is 0 Å². The van der Waals surface area contributed by atoms with Gasteiger partial charge in [-0.2, -0.15) is 0 Å². The Balaban J connectivity index is 4.24. The van der Waals surface area contributed by atoms with E-state index in [1.165, 1.54) is 6.26 Å². The molecule has 0 aromatic rings. The highest BCUT2D eigenvalue weighted by atomic mass is 127. The SMILES string of the molecule is CC(C)C(I)S(C)(=O)=O. The van der Waals surface area contributed by atoms with Crippen molar-refractivity contribution in [2.24, 2.45) is 5.92 Å². The second-order valence-corrected chi connectivity index (χ2v) is 6.78. The third-order valence-corrected chi connectivity index (χ3v) is 6.51. The lowest BCUT2D eigenvalue weighted by atomic mass is 10.3. The smallest absolute Gasteiger partial charge is 0.159 e. The Morgan fingerprint density at radius 3 is 1.67 bits per heavy atom. The molecular weight excluding hydrogens is 251 g/mol. The largest absolute Gasteiger partial charge is 0.228 e. The van der Waals surface area contributed by atoms with Gasteiger partial charge in [-0.15, -0.1) is 0 Å². The summed E-state index contributed by atoms with van der Waals surface area (Å²) in [5, 5.41) is 0. The van der Waals surface area contributed by atoms with Crippen molar-refractivity contribution in [3.05, 3.63) is 0 Å². The van der Waals surface area contributed by atoms with Gasteiger partial charge in [0.05, 0.1) is 0 Å². The number of alkyl halides is 1. The fourth-order valence-electron chi connectivity index (χ4n) is 0.494. The molecule has 0 saturated heterocycles. The molecule has 1 atom stereocenters. The van der Waals surface area contributed by atoms with Crippen LogP contribution in [0.2, 0.25) is 0 Å². The second-order valence-electron chi connectivity index (χ2n) is 2.42. The van der Waals surface area contributed by atoms with Gasteiger partial charge < -0.3 is 0 Å². The van der Waals surface area contributed by atoms with Crippen molar-refractivity contribution in [1.29, 1.82) is 0 Å². The molecule has 0 aromatic heterocycles. The van der Waals surface area contributed by atoms with Crippen LogP contribution in [0.15, 0.2) is 0 Å². The van der Waals surface area contributed by atoms with Gasteiger partial charge in [0.15, 0.2) is 9.84 Å². The lowest BCUT2D eigenvalue weighted by Gasteiger charge is -2.09. The zero-order chi connectivity index (χ0) is 7.65. The van der Waals surface area contributed by atoms with Gasteiger partial charge in [-0.3, -0.25) is 0 Å². The zero-order valence-electron chi connectivity index (χ0n) is 5.76. The van der Waals surface area contributed by atoms with Gasteiger partial charge in [-0.25, -0.2) is 8.42 Å². The first-order valence-electron chi connectivity index (χ1n) is 2.68. The third-order valence-electron chi connectivity index (χ3n) is 0.933. The van der Waals surface area contributed by atoms with Crippen molar-refractivity contribution in [3.63, 3.8) is 0 Å². The molecule has 0 spiro atoms. The van der Waals surface area contributed by atoms with Gasteiger partial charge in [0, 0.05) is 6.26 Å². The molecule has 0 heterocycles. The van der Waals surface area contributed by atoms with E-state index in [9.17, 15) is 8.42 Å². The highest BCUT2D eigenvalue weighted by Gasteiger charge is 2.19. The average molecular weight is 262 g/mol. The highest BCUT2D eigenvalue weighted by Crippen LogP contribution is 2.17. The zero-order valence-corrected chi connectivity index (χ0v) is 8.73. The molecule has 1 unspecified atom stereocenters. The van der Waals surface area contributed by atoms with E-state index in [1.54, 1.807) is 0 Å². The Bertz CT molecular complexity index is 171. The van der Waals surface area contributed by atoms with Crippen molar-refractivity contribution in [2.45, 2.75) is 17.1 Å². The average Bonchev–Trinajstić information content (AvgIpc) is 1.62. The first kappa shape index (κ1) is 9.68. The summed E-state index contributed by atoms with van der Waals surface area (Å²) >= 11 is 1.95. The molecule has 0 bridgehead atoms. The number of sulfone groups is 1. The van der Waals surface area contributed by atoms with Crippen LogP contribution in [0.1, 0.15) is 13.8 Å². The minimum atomic E-state index is -2.82.